The highest BCUT2D eigenvalue weighted by atomic mass is 19.1. The number of halogens is 1. The van der Waals surface area contributed by atoms with E-state index in [1.54, 1.807) is 13.2 Å². The lowest BCUT2D eigenvalue weighted by atomic mass is 10.1. The first-order valence-electron chi connectivity index (χ1n) is 6.82. The first-order valence-corrected chi connectivity index (χ1v) is 6.82. The number of hydrogen-bond acceptors (Lipinski definition) is 2. The van der Waals surface area contributed by atoms with Crippen molar-refractivity contribution in [1.29, 1.82) is 0 Å². The number of hydrogen-bond donors (Lipinski definition) is 1. The molecule has 2 nitrogen and oxygen atoms in total. The Morgan fingerprint density at radius 3 is 2.55 bits per heavy atom. The fourth-order valence-corrected chi connectivity index (χ4v) is 2.11. The van der Waals surface area contributed by atoms with Gasteiger partial charge in [-0.15, -0.1) is 0 Å². The molecule has 1 atom stereocenters. The van der Waals surface area contributed by atoms with Gasteiger partial charge in [0, 0.05) is 11.7 Å². The summed E-state index contributed by atoms with van der Waals surface area (Å²) in [5.41, 5.74) is 2.10. The van der Waals surface area contributed by atoms with Crippen LogP contribution in [0.15, 0.2) is 48.5 Å². The molecule has 0 saturated heterocycles. The molecule has 0 aliphatic heterocycles. The molecule has 0 unspecified atom stereocenters. The van der Waals surface area contributed by atoms with Gasteiger partial charge in [-0.3, -0.25) is 0 Å². The van der Waals surface area contributed by atoms with E-state index >= 15 is 0 Å². The second kappa shape index (κ2) is 6.94. The van der Waals surface area contributed by atoms with Gasteiger partial charge in [0.2, 0.25) is 0 Å². The molecule has 0 amide bonds. The molecule has 0 fully saturated rings. The molecule has 0 spiro atoms. The highest BCUT2D eigenvalue weighted by Crippen LogP contribution is 2.15. The topological polar surface area (TPSA) is 21.3 Å². The Balaban J connectivity index is 1.83. The third-order valence-corrected chi connectivity index (χ3v) is 3.26. The Morgan fingerprint density at radius 1 is 1.15 bits per heavy atom. The molecule has 2 rings (SSSR count). The number of benzene rings is 2. The predicted molar refractivity (Wildman–Crippen MR) is 80.8 cm³/mol. The molecule has 0 bridgehead atoms. The van der Waals surface area contributed by atoms with Crippen LogP contribution < -0.4 is 10.1 Å². The van der Waals surface area contributed by atoms with Crippen molar-refractivity contribution >= 4 is 5.69 Å². The average molecular weight is 273 g/mol. The van der Waals surface area contributed by atoms with Crippen LogP contribution in [0.5, 0.6) is 5.75 Å². The Morgan fingerprint density at radius 2 is 1.90 bits per heavy atom. The van der Waals surface area contributed by atoms with E-state index in [1.165, 1.54) is 17.7 Å². The van der Waals surface area contributed by atoms with Crippen molar-refractivity contribution in [2.45, 2.75) is 25.8 Å². The lowest BCUT2D eigenvalue weighted by Gasteiger charge is -2.15. The van der Waals surface area contributed by atoms with E-state index in [0.717, 1.165) is 24.3 Å². The van der Waals surface area contributed by atoms with Gasteiger partial charge >= 0.3 is 0 Å². The van der Waals surface area contributed by atoms with Crippen LogP contribution in [0.2, 0.25) is 0 Å². The van der Waals surface area contributed by atoms with Gasteiger partial charge in [0.1, 0.15) is 11.6 Å². The van der Waals surface area contributed by atoms with E-state index in [4.69, 9.17) is 4.74 Å². The fraction of sp³-hybridized carbons (Fsp3) is 0.294. The monoisotopic (exact) mass is 273 g/mol. The molecular weight excluding hydrogens is 253 g/mol. The van der Waals surface area contributed by atoms with E-state index in [9.17, 15) is 4.39 Å². The summed E-state index contributed by atoms with van der Waals surface area (Å²) < 4.78 is 18.2. The van der Waals surface area contributed by atoms with Gasteiger partial charge in [-0.25, -0.2) is 4.39 Å². The van der Waals surface area contributed by atoms with Crippen molar-refractivity contribution in [3.05, 3.63) is 59.9 Å². The second-order valence-electron chi connectivity index (χ2n) is 4.94. The third kappa shape index (κ3) is 4.26. The molecule has 0 aromatic heterocycles. The van der Waals surface area contributed by atoms with Crippen LogP contribution in [0.25, 0.3) is 0 Å². The van der Waals surface area contributed by atoms with Gasteiger partial charge in [0.15, 0.2) is 0 Å². The Bertz CT molecular complexity index is 539. The molecule has 106 valence electrons. The van der Waals surface area contributed by atoms with Crippen molar-refractivity contribution in [2.24, 2.45) is 0 Å². The molecule has 0 radical (unpaired) electrons. The van der Waals surface area contributed by atoms with E-state index < -0.39 is 0 Å². The van der Waals surface area contributed by atoms with Crippen molar-refractivity contribution in [2.75, 3.05) is 12.4 Å². The Hall–Kier alpha value is -2.03. The third-order valence-electron chi connectivity index (χ3n) is 3.26. The maximum atomic E-state index is 13.1. The lowest BCUT2D eigenvalue weighted by Crippen LogP contribution is -2.16. The Kier molecular flexibility index (Phi) is 4.99. The van der Waals surface area contributed by atoms with Crippen LogP contribution in [0.1, 0.15) is 18.9 Å². The largest absolute Gasteiger partial charge is 0.497 e. The number of anilines is 1. The van der Waals surface area contributed by atoms with Gasteiger partial charge in [-0.05, 0) is 55.7 Å². The summed E-state index contributed by atoms with van der Waals surface area (Å²) in [4.78, 5) is 0. The van der Waals surface area contributed by atoms with Crippen molar-refractivity contribution in [3.8, 4) is 5.75 Å². The maximum absolute atomic E-state index is 13.1. The number of aryl methyl sites for hydroxylation is 1. The van der Waals surface area contributed by atoms with Crippen LogP contribution in [0.3, 0.4) is 0 Å². The average Bonchev–Trinajstić information content (AvgIpc) is 2.46. The molecule has 0 aliphatic carbocycles. The van der Waals surface area contributed by atoms with E-state index in [-0.39, 0.29) is 5.82 Å². The molecule has 0 heterocycles. The quantitative estimate of drug-likeness (QED) is 0.848. The molecule has 0 saturated carbocycles. The van der Waals surface area contributed by atoms with Gasteiger partial charge in [-0.1, -0.05) is 18.2 Å². The van der Waals surface area contributed by atoms with Crippen molar-refractivity contribution < 1.29 is 9.13 Å². The molecular formula is C17H20FNO. The zero-order valence-electron chi connectivity index (χ0n) is 11.9. The van der Waals surface area contributed by atoms with Crippen LogP contribution >= 0.6 is 0 Å². The zero-order chi connectivity index (χ0) is 14.4. The normalized spacial score (nSPS) is 11.9. The van der Waals surface area contributed by atoms with Gasteiger partial charge in [-0.2, -0.15) is 0 Å². The van der Waals surface area contributed by atoms with E-state index in [1.807, 2.05) is 18.2 Å². The molecule has 1 N–H and O–H groups in total. The Labute approximate surface area is 119 Å². The van der Waals surface area contributed by atoms with Gasteiger partial charge in [0.05, 0.1) is 7.11 Å². The summed E-state index contributed by atoms with van der Waals surface area (Å²) >= 11 is 0. The molecule has 20 heavy (non-hydrogen) atoms. The minimum Gasteiger partial charge on any atom is -0.497 e. The molecule has 2 aromatic carbocycles. The second-order valence-corrected chi connectivity index (χ2v) is 4.94. The summed E-state index contributed by atoms with van der Waals surface area (Å²) in [7, 11) is 1.67. The first kappa shape index (κ1) is 14.4. The highest BCUT2D eigenvalue weighted by Gasteiger charge is 2.04. The molecule has 2 aromatic rings. The summed E-state index contributed by atoms with van der Waals surface area (Å²) in [6, 6.07) is 15.0. The van der Waals surface area contributed by atoms with E-state index in [2.05, 4.69) is 24.4 Å². The lowest BCUT2D eigenvalue weighted by molar-refractivity contribution is 0.414. The SMILES string of the molecule is COc1ccc(CC[C@@H](C)Nc2cccc(F)c2)cc1. The number of methoxy groups -OCH3 is 1. The number of nitrogens with one attached hydrogen (secondary N) is 1. The highest BCUT2D eigenvalue weighted by molar-refractivity contribution is 5.43. The predicted octanol–water partition coefficient (Wildman–Crippen LogP) is 4.27. The van der Waals surface area contributed by atoms with Gasteiger partial charge in [0.25, 0.3) is 0 Å². The van der Waals surface area contributed by atoms with E-state index in [0.29, 0.717) is 6.04 Å². The first-order chi connectivity index (χ1) is 9.67. The summed E-state index contributed by atoms with van der Waals surface area (Å²) in [6.07, 6.45) is 1.97. The number of ether oxygens (including phenoxy) is 1. The summed E-state index contributed by atoms with van der Waals surface area (Å²) in [5.74, 6) is 0.664. The summed E-state index contributed by atoms with van der Waals surface area (Å²) in [6.45, 7) is 2.11. The maximum Gasteiger partial charge on any atom is 0.125 e. The number of rotatable bonds is 6. The van der Waals surface area contributed by atoms with Crippen LogP contribution in [-0.4, -0.2) is 13.2 Å². The van der Waals surface area contributed by atoms with Crippen molar-refractivity contribution in [1.82, 2.24) is 0 Å². The summed E-state index contributed by atoms with van der Waals surface area (Å²) in [5, 5.41) is 3.31. The standard InChI is InChI=1S/C17H20FNO/c1-13(19-16-5-3-4-15(18)12-16)6-7-14-8-10-17(20-2)11-9-14/h3-5,8-13,19H,6-7H2,1-2H3/t13-/m1/s1. The molecule has 0 aliphatic rings. The zero-order valence-corrected chi connectivity index (χ0v) is 11.9. The van der Waals surface area contributed by atoms with Crippen LogP contribution in [-0.2, 0) is 6.42 Å². The smallest absolute Gasteiger partial charge is 0.125 e. The van der Waals surface area contributed by atoms with Crippen molar-refractivity contribution in [3.63, 3.8) is 0 Å². The molecule has 3 heteroatoms. The fourth-order valence-electron chi connectivity index (χ4n) is 2.11. The van der Waals surface area contributed by atoms with Crippen LogP contribution in [0.4, 0.5) is 10.1 Å². The van der Waals surface area contributed by atoms with Crippen LogP contribution in [0, 0.1) is 5.82 Å². The minimum absolute atomic E-state index is 0.211. The minimum atomic E-state index is -0.211. The van der Waals surface area contributed by atoms with Gasteiger partial charge < -0.3 is 10.1 Å².